The predicted octanol–water partition coefficient (Wildman–Crippen LogP) is 9.73. The molecule has 0 spiro atoms. The van der Waals surface area contributed by atoms with Crippen molar-refractivity contribution < 1.29 is 76.9 Å². The largest absolute Gasteiger partial charge is 0.472 e. The Bertz CT molecular complexity index is 1360. The number of carbonyl (C=O) groups excluding carboxylic acids is 2. The van der Waals surface area contributed by atoms with Gasteiger partial charge in [0.05, 0.1) is 6.61 Å². The maximum atomic E-state index is 13.0. The third-order valence-corrected chi connectivity index (χ3v) is 13.0. The van der Waals surface area contributed by atoms with E-state index in [1.54, 1.807) is 0 Å². The average molecular weight is 971 g/mol. The average Bonchev–Trinajstić information content (AvgIpc) is 3.26. The molecule has 1 saturated carbocycles. The molecule has 18 heteroatoms. The first kappa shape index (κ1) is 61.5. The maximum absolute atomic E-state index is 13.0. The van der Waals surface area contributed by atoms with Crippen LogP contribution in [-0.4, -0.2) is 103 Å². The molecule has 0 aliphatic heterocycles. The lowest BCUT2D eigenvalue weighted by molar-refractivity contribution is -0.216. The fraction of sp³-hybridized carbons (Fsp3) is 0.872. The number of hydrogen-bond donors (Lipinski definition) is 7. The van der Waals surface area contributed by atoms with Gasteiger partial charge in [-0.1, -0.05) is 173 Å². The summed E-state index contributed by atoms with van der Waals surface area (Å²) in [6.07, 6.45) is 25.5. The monoisotopic (exact) mass is 971 g/mol. The van der Waals surface area contributed by atoms with Crippen molar-refractivity contribution in [1.29, 1.82) is 0 Å². The Morgan fingerprint density at radius 3 is 1.37 bits per heavy atom. The van der Waals surface area contributed by atoms with Crippen LogP contribution in [0.3, 0.4) is 0 Å². The van der Waals surface area contributed by atoms with Gasteiger partial charge in [-0.25, -0.2) is 9.13 Å². The van der Waals surface area contributed by atoms with E-state index in [0.29, 0.717) is 12.8 Å². The number of carbonyl (C=O) groups is 2. The minimum Gasteiger partial charge on any atom is -0.462 e. The molecule has 5 unspecified atom stereocenters. The third kappa shape index (κ3) is 32.8. The second-order valence-corrected chi connectivity index (χ2v) is 20.1. The number of aliphatic hydroxyl groups excluding tert-OH is 4. The van der Waals surface area contributed by atoms with Gasteiger partial charge in [0.25, 0.3) is 0 Å². The molecule has 0 amide bonds. The number of ether oxygens (including phenoxy) is 2. The zero-order valence-corrected chi connectivity index (χ0v) is 41.5. The molecule has 0 aromatic carbocycles. The van der Waals surface area contributed by atoms with Crippen LogP contribution in [0, 0.1) is 0 Å². The molecule has 1 aliphatic rings. The van der Waals surface area contributed by atoms with Gasteiger partial charge in [-0.2, -0.15) is 0 Å². The number of rotatable bonds is 42. The topological polar surface area (TPSA) is 256 Å². The zero-order valence-electron chi connectivity index (χ0n) is 39.7. The smallest absolute Gasteiger partial charge is 0.462 e. The number of aliphatic hydroxyl groups is 4. The van der Waals surface area contributed by atoms with Gasteiger partial charge in [-0.15, -0.1) is 0 Å². The number of phosphoric ester groups is 2. The molecule has 16 nitrogen and oxygen atoms in total. The summed E-state index contributed by atoms with van der Waals surface area (Å²) in [4.78, 5) is 54.3. The van der Waals surface area contributed by atoms with Crippen LogP contribution in [0.2, 0.25) is 0 Å². The Kier molecular flexibility index (Phi) is 36.3. The van der Waals surface area contributed by atoms with Gasteiger partial charge in [0, 0.05) is 12.8 Å². The number of esters is 2. The van der Waals surface area contributed by atoms with Crippen molar-refractivity contribution in [3.63, 3.8) is 0 Å². The number of unbranched alkanes of at least 4 members (excludes halogenated alkanes) is 24. The first-order valence-electron chi connectivity index (χ1n) is 24.9. The molecule has 0 aromatic heterocycles. The zero-order chi connectivity index (χ0) is 48.2. The molecule has 0 radical (unpaired) electrons. The summed E-state index contributed by atoms with van der Waals surface area (Å²) in [5.74, 6) is -1.20. The van der Waals surface area contributed by atoms with Crippen molar-refractivity contribution in [2.24, 2.45) is 0 Å². The molecule has 0 aromatic rings. The highest BCUT2D eigenvalue weighted by Crippen LogP contribution is 2.49. The highest BCUT2D eigenvalue weighted by Gasteiger charge is 2.54. The summed E-state index contributed by atoms with van der Waals surface area (Å²) in [6.45, 7) is 3.10. The first-order chi connectivity index (χ1) is 31.1. The fourth-order valence-electron chi connectivity index (χ4n) is 7.65. The van der Waals surface area contributed by atoms with Gasteiger partial charge in [-0.3, -0.25) is 23.2 Å². The molecule has 382 valence electrons. The van der Waals surface area contributed by atoms with Gasteiger partial charge < -0.3 is 44.6 Å². The molecule has 0 saturated heterocycles. The minimum absolute atomic E-state index is 0.0468. The lowest BCUT2D eigenvalue weighted by atomic mass is 9.85. The Morgan fingerprint density at radius 1 is 0.492 bits per heavy atom. The molecule has 1 aliphatic carbocycles. The summed E-state index contributed by atoms with van der Waals surface area (Å²) in [7, 11) is -10.7. The summed E-state index contributed by atoms with van der Waals surface area (Å²) in [5.41, 5.74) is 0. The second kappa shape index (κ2) is 38.3. The van der Waals surface area contributed by atoms with Crippen molar-refractivity contribution in [2.75, 3.05) is 13.2 Å². The molecule has 1 fully saturated rings. The number of hydrogen-bond acceptors (Lipinski definition) is 13. The van der Waals surface area contributed by atoms with E-state index in [2.05, 4.69) is 42.7 Å². The van der Waals surface area contributed by atoms with E-state index in [4.69, 9.17) is 18.5 Å². The fourth-order valence-corrected chi connectivity index (χ4v) is 9.18. The van der Waals surface area contributed by atoms with Crippen LogP contribution < -0.4 is 0 Å². The summed E-state index contributed by atoms with van der Waals surface area (Å²) >= 11 is 0. The molecule has 8 atom stereocenters. The van der Waals surface area contributed by atoms with E-state index in [-0.39, 0.29) is 12.8 Å². The van der Waals surface area contributed by atoms with E-state index in [9.17, 15) is 53.8 Å². The normalized spacial score (nSPS) is 21.8. The van der Waals surface area contributed by atoms with E-state index >= 15 is 0 Å². The van der Waals surface area contributed by atoms with Crippen molar-refractivity contribution in [1.82, 2.24) is 0 Å². The highest BCUT2D eigenvalue weighted by molar-refractivity contribution is 7.47. The van der Waals surface area contributed by atoms with Gasteiger partial charge in [0.15, 0.2) is 6.10 Å². The quantitative estimate of drug-likeness (QED) is 0.0130. The third-order valence-electron chi connectivity index (χ3n) is 11.5. The van der Waals surface area contributed by atoms with E-state index in [1.165, 1.54) is 83.5 Å². The number of phosphoric acid groups is 2. The van der Waals surface area contributed by atoms with Crippen molar-refractivity contribution >= 4 is 27.6 Å². The van der Waals surface area contributed by atoms with Crippen molar-refractivity contribution in [2.45, 2.75) is 249 Å². The standard InChI is InChI=1S/C47H88O16P2/c1-3-5-7-9-11-13-15-17-19-20-22-23-25-27-29-31-33-35-40(48)59-37-39(61-41(49)36-34-32-30-28-26-24-21-18-16-14-12-10-8-6-4-2)38-60-65(57,58)63-47-44(52)42(50)43(51)46(45(47)53)62-64(54,55)56/h11,13,17,19,39,42-47,50-53H,3-10,12,14-16,18,20-38H2,1-2H3,(H,57,58)(H2,54,55,56)/t39-,42?,43?,44?,45?,46-,47+/m1/s1. The minimum atomic E-state index is -5.36. The summed E-state index contributed by atoms with van der Waals surface area (Å²) in [6, 6.07) is 0. The maximum Gasteiger partial charge on any atom is 0.472 e. The lowest BCUT2D eigenvalue weighted by Gasteiger charge is -2.43. The summed E-state index contributed by atoms with van der Waals surface area (Å²) in [5, 5.41) is 41.3. The Morgan fingerprint density at radius 2 is 0.892 bits per heavy atom. The molecule has 1 rings (SSSR count). The Balaban J connectivity index is 2.56. The van der Waals surface area contributed by atoms with Crippen LogP contribution in [0.15, 0.2) is 24.3 Å². The van der Waals surface area contributed by atoms with Crippen LogP contribution in [0.1, 0.15) is 206 Å². The first-order valence-corrected chi connectivity index (χ1v) is 27.9. The SMILES string of the molecule is CCCCCC=CCC=CCCCCCCCCCC(=O)OC[C@H](COP(=O)(O)O[C@H]1C(O)C(O)C(O)[C@@H](OP(=O)(O)O)C1O)OC(=O)CCCCCCCCCCCCCCCCC. The van der Waals surface area contributed by atoms with E-state index in [1.807, 2.05) is 0 Å². The van der Waals surface area contributed by atoms with E-state index in [0.717, 1.165) is 83.5 Å². The Labute approximate surface area is 390 Å². The Hall–Kier alpha value is -1.52. The van der Waals surface area contributed by atoms with E-state index < -0.39 is 83.5 Å². The molecule has 0 bridgehead atoms. The number of allylic oxidation sites excluding steroid dienone is 4. The molecule has 65 heavy (non-hydrogen) atoms. The van der Waals surface area contributed by atoms with Crippen molar-refractivity contribution in [3.8, 4) is 0 Å². The van der Waals surface area contributed by atoms with Crippen molar-refractivity contribution in [3.05, 3.63) is 24.3 Å². The second-order valence-electron chi connectivity index (χ2n) is 17.5. The van der Waals surface area contributed by atoms with Gasteiger partial charge in [0.2, 0.25) is 0 Å². The van der Waals surface area contributed by atoms with Crippen LogP contribution in [-0.2, 0) is 41.8 Å². The van der Waals surface area contributed by atoms with Gasteiger partial charge in [-0.05, 0) is 44.9 Å². The molecule has 7 N–H and O–H groups in total. The van der Waals surface area contributed by atoms with Crippen LogP contribution in [0.4, 0.5) is 0 Å². The molecular weight excluding hydrogens is 882 g/mol. The van der Waals surface area contributed by atoms with Gasteiger partial charge >= 0.3 is 27.6 Å². The van der Waals surface area contributed by atoms with Crippen LogP contribution in [0.25, 0.3) is 0 Å². The highest BCUT2D eigenvalue weighted by atomic mass is 31.2. The molecular formula is C47H88O16P2. The lowest BCUT2D eigenvalue weighted by Crippen LogP contribution is -2.64. The van der Waals surface area contributed by atoms with Gasteiger partial charge in [0.1, 0.15) is 43.2 Å². The summed E-state index contributed by atoms with van der Waals surface area (Å²) < 4.78 is 49.4. The predicted molar refractivity (Wildman–Crippen MR) is 251 cm³/mol. The molecule has 0 heterocycles. The van der Waals surface area contributed by atoms with Crippen LogP contribution >= 0.6 is 15.6 Å². The van der Waals surface area contributed by atoms with Crippen LogP contribution in [0.5, 0.6) is 0 Å².